The van der Waals surface area contributed by atoms with Crippen molar-refractivity contribution in [3.05, 3.63) is 16.3 Å². The van der Waals surface area contributed by atoms with Gasteiger partial charge in [-0.05, 0) is 46.7 Å². The van der Waals surface area contributed by atoms with Gasteiger partial charge in [0.25, 0.3) is 0 Å². The molecule has 8 nitrogen and oxygen atoms in total. The molecule has 0 saturated carbocycles. The summed E-state index contributed by atoms with van der Waals surface area (Å²) < 4.78 is 8.75. The van der Waals surface area contributed by atoms with E-state index in [0.717, 1.165) is 44.6 Å². The fourth-order valence-corrected chi connectivity index (χ4v) is 4.09. The number of aromatic nitrogens is 3. The van der Waals surface area contributed by atoms with Crippen LogP contribution in [0.2, 0.25) is 0 Å². The van der Waals surface area contributed by atoms with E-state index in [4.69, 9.17) is 4.74 Å². The molecule has 2 aliphatic heterocycles. The molecule has 0 spiro atoms. The molecule has 3 heterocycles. The van der Waals surface area contributed by atoms with Crippen LogP contribution in [-0.2, 0) is 22.6 Å². The van der Waals surface area contributed by atoms with Crippen molar-refractivity contribution >= 4 is 5.91 Å². The van der Waals surface area contributed by atoms with E-state index in [9.17, 15) is 9.59 Å². The van der Waals surface area contributed by atoms with Gasteiger partial charge >= 0.3 is 5.69 Å². The third-order valence-corrected chi connectivity index (χ3v) is 5.70. The van der Waals surface area contributed by atoms with Crippen LogP contribution in [0.1, 0.15) is 44.3 Å². The molecule has 152 valence electrons. The van der Waals surface area contributed by atoms with Gasteiger partial charge in [0.1, 0.15) is 5.82 Å². The molecule has 0 aliphatic carbocycles. The van der Waals surface area contributed by atoms with Gasteiger partial charge in [0.05, 0.1) is 6.54 Å². The van der Waals surface area contributed by atoms with Crippen LogP contribution in [0.25, 0.3) is 0 Å². The number of ether oxygens (including phenoxy) is 1. The molecule has 1 aromatic rings. The largest absolute Gasteiger partial charge is 0.381 e. The van der Waals surface area contributed by atoms with Gasteiger partial charge < -0.3 is 14.5 Å². The van der Waals surface area contributed by atoms with Gasteiger partial charge in [-0.25, -0.2) is 9.48 Å². The summed E-state index contributed by atoms with van der Waals surface area (Å²) >= 11 is 0. The Labute approximate surface area is 161 Å². The fourth-order valence-electron chi connectivity index (χ4n) is 4.09. The maximum atomic E-state index is 12.9. The van der Waals surface area contributed by atoms with Crippen LogP contribution < -0.4 is 5.69 Å². The van der Waals surface area contributed by atoms with E-state index in [2.05, 4.69) is 5.10 Å². The number of likely N-dealkylation sites (N-methyl/N-ethyl adjacent to an activating group) is 1. The van der Waals surface area contributed by atoms with E-state index >= 15 is 0 Å². The smallest absolute Gasteiger partial charge is 0.345 e. The van der Waals surface area contributed by atoms with Gasteiger partial charge in [0.15, 0.2) is 0 Å². The molecular formula is C19H33N5O3. The molecule has 0 aromatic carbocycles. The van der Waals surface area contributed by atoms with Crippen LogP contribution in [0, 0.1) is 5.92 Å². The Bertz CT molecular complexity index is 690. The molecule has 27 heavy (non-hydrogen) atoms. The Morgan fingerprint density at radius 1 is 1.26 bits per heavy atom. The highest BCUT2D eigenvalue weighted by molar-refractivity contribution is 5.79. The molecule has 0 N–H and O–H groups in total. The summed E-state index contributed by atoms with van der Waals surface area (Å²) in [4.78, 5) is 29.6. The van der Waals surface area contributed by atoms with Crippen molar-refractivity contribution in [3.63, 3.8) is 0 Å². The third kappa shape index (κ3) is 4.60. The zero-order valence-electron chi connectivity index (χ0n) is 16.9. The first kappa shape index (κ1) is 20.1. The SMILES string of the molecule is CCn1c(C2CCCN(C(=O)C3CCOCC3)C2)nn(CCN(C)C)c1=O. The summed E-state index contributed by atoms with van der Waals surface area (Å²) in [6.07, 6.45) is 3.57. The van der Waals surface area contributed by atoms with Gasteiger partial charge in [-0.3, -0.25) is 9.36 Å². The maximum absolute atomic E-state index is 12.9. The quantitative estimate of drug-likeness (QED) is 0.730. The molecule has 1 amide bonds. The minimum Gasteiger partial charge on any atom is -0.381 e. The third-order valence-electron chi connectivity index (χ3n) is 5.70. The molecule has 3 rings (SSSR count). The summed E-state index contributed by atoms with van der Waals surface area (Å²) in [5.74, 6) is 1.31. The molecule has 1 unspecified atom stereocenters. The number of piperidine rings is 1. The van der Waals surface area contributed by atoms with E-state index in [1.807, 2.05) is 30.8 Å². The highest BCUT2D eigenvalue weighted by Crippen LogP contribution is 2.28. The van der Waals surface area contributed by atoms with Crippen molar-refractivity contribution in [2.45, 2.75) is 51.6 Å². The number of carbonyl (C=O) groups is 1. The van der Waals surface area contributed by atoms with Crippen molar-refractivity contribution in [2.75, 3.05) is 46.9 Å². The van der Waals surface area contributed by atoms with Gasteiger partial charge in [-0.1, -0.05) is 0 Å². The van der Waals surface area contributed by atoms with Crippen LogP contribution in [-0.4, -0.2) is 77.0 Å². The van der Waals surface area contributed by atoms with E-state index in [1.54, 1.807) is 9.25 Å². The van der Waals surface area contributed by atoms with E-state index in [0.29, 0.717) is 32.8 Å². The first-order valence-corrected chi connectivity index (χ1v) is 10.2. The Morgan fingerprint density at radius 2 is 2.00 bits per heavy atom. The van der Waals surface area contributed by atoms with Crippen molar-refractivity contribution < 1.29 is 9.53 Å². The number of hydrogen-bond acceptors (Lipinski definition) is 5. The van der Waals surface area contributed by atoms with Crippen molar-refractivity contribution in [2.24, 2.45) is 5.92 Å². The van der Waals surface area contributed by atoms with E-state index in [1.165, 1.54) is 0 Å². The van der Waals surface area contributed by atoms with E-state index < -0.39 is 0 Å². The normalized spacial score (nSPS) is 21.8. The van der Waals surface area contributed by atoms with E-state index in [-0.39, 0.29) is 23.4 Å². The second kappa shape index (κ2) is 9.01. The Kier molecular flexibility index (Phi) is 6.70. The average molecular weight is 380 g/mol. The number of hydrogen-bond donors (Lipinski definition) is 0. The molecule has 2 fully saturated rings. The van der Waals surface area contributed by atoms with Crippen molar-refractivity contribution in [3.8, 4) is 0 Å². The number of amides is 1. The molecule has 0 bridgehead atoms. The first-order valence-electron chi connectivity index (χ1n) is 10.2. The second-order valence-electron chi connectivity index (χ2n) is 7.92. The predicted octanol–water partition coefficient (Wildman–Crippen LogP) is 0.759. The number of nitrogens with zero attached hydrogens (tertiary/aromatic N) is 5. The fraction of sp³-hybridized carbons (Fsp3) is 0.842. The van der Waals surface area contributed by atoms with Gasteiger partial charge in [0, 0.05) is 51.2 Å². The molecular weight excluding hydrogens is 346 g/mol. The highest BCUT2D eigenvalue weighted by atomic mass is 16.5. The lowest BCUT2D eigenvalue weighted by molar-refractivity contribution is -0.139. The van der Waals surface area contributed by atoms with Crippen LogP contribution in [0.5, 0.6) is 0 Å². The monoisotopic (exact) mass is 379 g/mol. The van der Waals surface area contributed by atoms with Gasteiger partial charge in [0.2, 0.25) is 5.91 Å². The number of carbonyl (C=O) groups excluding carboxylic acids is 1. The summed E-state index contributed by atoms with van der Waals surface area (Å²) in [5, 5.41) is 4.66. The average Bonchev–Trinajstić information content (AvgIpc) is 3.02. The second-order valence-corrected chi connectivity index (χ2v) is 7.92. The standard InChI is InChI=1S/C19H33N5O3/c1-4-23-17(20-24(19(23)26)11-10-21(2)3)16-6-5-9-22(14-16)18(25)15-7-12-27-13-8-15/h15-16H,4-14H2,1-3H3. The zero-order chi connectivity index (χ0) is 19.4. The van der Waals surface area contributed by atoms with Crippen LogP contribution >= 0.6 is 0 Å². The van der Waals surface area contributed by atoms with Crippen molar-refractivity contribution in [1.29, 1.82) is 0 Å². The minimum absolute atomic E-state index is 0.0396. The van der Waals surface area contributed by atoms with Gasteiger partial charge in [-0.2, -0.15) is 5.10 Å². The van der Waals surface area contributed by atoms with Crippen molar-refractivity contribution in [1.82, 2.24) is 24.1 Å². The number of rotatable bonds is 6. The van der Waals surface area contributed by atoms with Gasteiger partial charge in [-0.15, -0.1) is 0 Å². The molecule has 2 aliphatic rings. The summed E-state index contributed by atoms with van der Waals surface area (Å²) in [6, 6.07) is 0. The molecule has 0 radical (unpaired) electrons. The van der Waals surface area contributed by atoms with Crippen LogP contribution in [0.4, 0.5) is 0 Å². The Hall–Kier alpha value is -1.67. The van der Waals surface area contributed by atoms with Crippen LogP contribution in [0.15, 0.2) is 4.79 Å². The molecule has 2 saturated heterocycles. The lowest BCUT2D eigenvalue weighted by Gasteiger charge is -2.35. The first-order chi connectivity index (χ1) is 13.0. The molecule has 1 aromatic heterocycles. The summed E-state index contributed by atoms with van der Waals surface area (Å²) in [5.41, 5.74) is -0.0396. The zero-order valence-corrected chi connectivity index (χ0v) is 16.9. The topological polar surface area (TPSA) is 72.6 Å². The predicted molar refractivity (Wildman–Crippen MR) is 103 cm³/mol. The van der Waals surface area contributed by atoms with Crippen LogP contribution in [0.3, 0.4) is 0 Å². The maximum Gasteiger partial charge on any atom is 0.345 e. The highest BCUT2D eigenvalue weighted by Gasteiger charge is 2.32. The minimum atomic E-state index is -0.0396. The Morgan fingerprint density at radius 3 is 2.67 bits per heavy atom. The summed E-state index contributed by atoms with van der Waals surface area (Å²) in [6.45, 7) is 6.79. The summed E-state index contributed by atoms with van der Waals surface area (Å²) in [7, 11) is 3.98. The molecule has 8 heteroatoms. The Balaban J connectivity index is 1.74. The number of likely N-dealkylation sites (tertiary alicyclic amines) is 1. The lowest BCUT2D eigenvalue weighted by atomic mass is 9.93. The lowest BCUT2D eigenvalue weighted by Crippen LogP contribution is -2.44. The molecule has 1 atom stereocenters.